The van der Waals surface area contributed by atoms with Crippen LogP contribution in [0.5, 0.6) is 0 Å². The quantitative estimate of drug-likeness (QED) is 0.835. The number of rotatable bonds is 5. The average Bonchev–Trinajstić information content (AvgIpc) is 2.63. The third kappa shape index (κ3) is 4.62. The molecule has 1 N–H and O–H groups in total. The molecule has 2 saturated heterocycles. The van der Waals surface area contributed by atoms with Crippen molar-refractivity contribution in [2.24, 2.45) is 5.41 Å². The highest BCUT2D eigenvalue weighted by atomic mass is 16.3. The van der Waals surface area contributed by atoms with Crippen LogP contribution in [0.25, 0.3) is 0 Å². The van der Waals surface area contributed by atoms with E-state index in [2.05, 4.69) is 36.2 Å². The Bertz CT molecular complexity index is 562. The van der Waals surface area contributed by atoms with Gasteiger partial charge in [0.1, 0.15) is 0 Å². The average molecular weight is 344 g/mol. The first kappa shape index (κ1) is 18.4. The van der Waals surface area contributed by atoms with E-state index in [-0.39, 0.29) is 17.4 Å². The van der Waals surface area contributed by atoms with Crippen LogP contribution < -0.4 is 0 Å². The lowest BCUT2D eigenvalue weighted by Gasteiger charge is -2.50. The molecule has 1 aromatic carbocycles. The van der Waals surface area contributed by atoms with Crippen LogP contribution in [-0.4, -0.2) is 60.1 Å². The number of amides is 1. The highest BCUT2D eigenvalue weighted by molar-refractivity contribution is 5.76. The van der Waals surface area contributed by atoms with E-state index in [9.17, 15) is 9.90 Å². The molecule has 2 fully saturated rings. The lowest BCUT2D eigenvalue weighted by atomic mass is 9.71. The minimum absolute atomic E-state index is 0.106. The number of carbonyl (C=O) groups is 1. The van der Waals surface area contributed by atoms with Crippen molar-refractivity contribution in [2.45, 2.75) is 51.0 Å². The van der Waals surface area contributed by atoms with Crippen molar-refractivity contribution in [3.8, 4) is 0 Å². The van der Waals surface area contributed by atoms with Crippen molar-refractivity contribution in [1.29, 1.82) is 0 Å². The molecule has 4 nitrogen and oxygen atoms in total. The van der Waals surface area contributed by atoms with Crippen molar-refractivity contribution < 1.29 is 9.90 Å². The van der Waals surface area contributed by atoms with Crippen molar-refractivity contribution >= 4 is 5.91 Å². The molecular weight excluding hydrogens is 312 g/mol. The molecule has 0 unspecified atom stereocenters. The van der Waals surface area contributed by atoms with E-state index in [4.69, 9.17) is 0 Å². The monoisotopic (exact) mass is 344 g/mol. The Balaban J connectivity index is 1.47. The van der Waals surface area contributed by atoms with Gasteiger partial charge in [-0.05, 0) is 51.1 Å². The van der Waals surface area contributed by atoms with Gasteiger partial charge in [-0.1, -0.05) is 30.3 Å². The second-order valence-electron chi connectivity index (χ2n) is 8.02. The number of likely N-dealkylation sites (tertiary alicyclic amines) is 2. The third-order valence-corrected chi connectivity index (χ3v) is 5.99. The van der Waals surface area contributed by atoms with Gasteiger partial charge in [0.05, 0.1) is 6.10 Å². The smallest absolute Gasteiger partial charge is 0.222 e. The van der Waals surface area contributed by atoms with Gasteiger partial charge in [0, 0.05) is 38.0 Å². The summed E-state index contributed by atoms with van der Waals surface area (Å²) in [5.41, 5.74) is 1.24. The number of aryl methyl sites for hydroxylation is 1. The van der Waals surface area contributed by atoms with Crippen LogP contribution in [-0.2, 0) is 11.2 Å². The van der Waals surface area contributed by atoms with Gasteiger partial charge in [0.15, 0.2) is 0 Å². The van der Waals surface area contributed by atoms with Crippen LogP contribution >= 0.6 is 0 Å². The summed E-state index contributed by atoms with van der Waals surface area (Å²) in [5, 5.41) is 10.6. The molecule has 0 radical (unpaired) electrons. The highest BCUT2D eigenvalue weighted by Crippen LogP contribution is 2.38. The van der Waals surface area contributed by atoms with E-state index in [1.807, 2.05) is 11.0 Å². The molecule has 0 saturated carbocycles. The number of aliphatic hydroxyl groups is 1. The molecule has 4 heteroatoms. The Morgan fingerprint density at radius 3 is 2.80 bits per heavy atom. The van der Waals surface area contributed by atoms with E-state index in [1.54, 1.807) is 0 Å². The summed E-state index contributed by atoms with van der Waals surface area (Å²) >= 11 is 0. The molecule has 0 aromatic heterocycles. The summed E-state index contributed by atoms with van der Waals surface area (Å²) in [6.45, 7) is 3.45. The van der Waals surface area contributed by atoms with Gasteiger partial charge in [0.2, 0.25) is 5.91 Å². The van der Waals surface area contributed by atoms with E-state index < -0.39 is 0 Å². The first-order valence-electron chi connectivity index (χ1n) is 9.77. The second-order valence-corrected chi connectivity index (χ2v) is 8.02. The minimum Gasteiger partial charge on any atom is -0.392 e. The number of hydrogen-bond acceptors (Lipinski definition) is 3. The maximum atomic E-state index is 12.7. The molecule has 1 amide bonds. The number of carbonyl (C=O) groups excluding carboxylic acids is 1. The lowest BCUT2D eigenvalue weighted by molar-refractivity contribution is -0.141. The van der Waals surface area contributed by atoms with Crippen molar-refractivity contribution in [3.05, 3.63) is 35.9 Å². The van der Waals surface area contributed by atoms with Gasteiger partial charge < -0.3 is 14.9 Å². The van der Waals surface area contributed by atoms with Gasteiger partial charge in [-0.15, -0.1) is 0 Å². The Kier molecular flexibility index (Phi) is 6.13. The van der Waals surface area contributed by atoms with E-state index >= 15 is 0 Å². The standard InChI is InChI=1S/C21H32N2O2/c1-22-15-12-19(24)21(16-22)13-7-14-23(17-21)20(25)11-6-5-10-18-8-3-2-4-9-18/h2-4,8-9,19,24H,5-7,10-17H2,1H3/t19-,21-/m0/s1. The summed E-state index contributed by atoms with van der Waals surface area (Å²) in [5.74, 6) is 0.271. The van der Waals surface area contributed by atoms with E-state index in [1.165, 1.54) is 5.56 Å². The van der Waals surface area contributed by atoms with Crippen molar-refractivity contribution in [2.75, 3.05) is 33.2 Å². The molecule has 1 aromatic rings. The third-order valence-electron chi connectivity index (χ3n) is 5.99. The molecule has 2 aliphatic heterocycles. The molecule has 2 atom stereocenters. The summed E-state index contributed by atoms with van der Waals surface area (Å²) in [4.78, 5) is 17.0. The van der Waals surface area contributed by atoms with E-state index in [0.29, 0.717) is 6.42 Å². The first-order valence-corrected chi connectivity index (χ1v) is 9.77. The Hall–Kier alpha value is -1.39. The number of aliphatic hydroxyl groups excluding tert-OH is 1. The normalized spacial score (nSPS) is 27.6. The second kappa shape index (κ2) is 8.33. The fourth-order valence-electron chi connectivity index (χ4n) is 4.55. The molecule has 1 spiro atoms. The molecular formula is C21H32N2O2. The minimum atomic E-state index is -0.266. The van der Waals surface area contributed by atoms with Gasteiger partial charge in [-0.2, -0.15) is 0 Å². The zero-order chi connectivity index (χ0) is 17.7. The van der Waals surface area contributed by atoms with Gasteiger partial charge in [0.25, 0.3) is 0 Å². The van der Waals surface area contributed by atoms with Gasteiger partial charge >= 0.3 is 0 Å². The fraction of sp³-hybridized carbons (Fsp3) is 0.667. The topological polar surface area (TPSA) is 43.8 Å². The van der Waals surface area contributed by atoms with Crippen molar-refractivity contribution in [1.82, 2.24) is 9.80 Å². The van der Waals surface area contributed by atoms with E-state index in [0.717, 1.165) is 64.7 Å². The molecule has 0 bridgehead atoms. The number of piperidine rings is 2. The highest BCUT2D eigenvalue weighted by Gasteiger charge is 2.45. The van der Waals surface area contributed by atoms with Gasteiger partial charge in [-0.25, -0.2) is 0 Å². The largest absolute Gasteiger partial charge is 0.392 e. The molecule has 2 heterocycles. The van der Waals surface area contributed by atoms with Gasteiger partial charge in [-0.3, -0.25) is 4.79 Å². The first-order chi connectivity index (χ1) is 12.1. The number of nitrogens with zero attached hydrogens (tertiary/aromatic N) is 2. The zero-order valence-corrected chi connectivity index (χ0v) is 15.5. The number of unbranched alkanes of at least 4 members (excludes halogenated alkanes) is 1. The lowest BCUT2D eigenvalue weighted by Crippen LogP contribution is -2.59. The molecule has 138 valence electrons. The predicted molar refractivity (Wildman–Crippen MR) is 100 cm³/mol. The zero-order valence-electron chi connectivity index (χ0n) is 15.5. The summed E-state index contributed by atoms with van der Waals surface area (Å²) < 4.78 is 0. The maximum absolute atomic E-state index is 12.7. The Morgan fingerprint density at radius 1 is 1.20 bits per heavy atom. The molecule has 0 aliphatic carbocycles. The summed E-state index contributed by atoms with van der Waals surface area (Å²) in [6.07, 6.45) is 6.29. The van der Waals surface area contributed by atoms with Crippen LogP contribution in [0.4, 0.5) is 0 Å². The molecule has 2 aliphatic rings. The number of hydrogen-bond donors (Lipinski definition) is 1. The maximum Gasteiger partial charge on any atom is 0.222 e. The Morgan fingerprint density at radius 2 is 2.00 bits per heavy atom. The van der Waals surface area contributed by atoms with Crippen molar-refractivity contribution in [3.63, 3.8) is 0 Å². The van der Waals surface area contributed by atoms with Crippen LogP contribution in [0.2, 0.25) is 0 Å². The Labute approximate surface area is 151 Å². The molecule has 25 heavy (non-hydrogen) atoms. The van der Waals surface area contributed by atoms with Crippen LogP contribution in [0.1, 0.15) is 44.1 Å². The summed E-state index contributed by atoms with van der Waals surface area (Å²) in [7, 11) is 2.12. The fourth-order valence-corrected chi connectivity index (χ4v) is 4.55. The SMILES string of the molecule is CN1CC[C@H](O)[C@@]2(CCCN(C(=O)CCCCc3ccccc3)C2)C1. The predicted octanol–water partition coefficient (Wildman–Crippen LogP) is 2.70. The van der Waals surface area contributed by atoms with Crippen LogP contribution in [0.15, 0.2) is 30.3 Å². The molecule has 3 rings (SSSR count). The number of benzene rings is 1. The summed E-state index contributed by atoms with van der Waals surface area (Å²) in [6, 6.07) is 10.5. The van der Waals surface area contributed by atoms with Crippen LogP contribution in [0.3, 0.4) is 0 Å². The van der Waals surface area contributed by atoms with Crippen LogP contribution in [0, 0.1) is 5.41 Å².